The van der Waals surface area contributed by atoms with E-state index in [-0.39, 0.29) is 11.9 Å². The zero-order valence-electron chi connectivity index (χ0n) is 15.0. The van der Waals surface area contributed by atoms with E-state index in [0.29, 0.717) is 5.56 Å². The van der Waals surface area contributed by atoms with E-state index in [1.807, 2.05) is 55.8 Å². The van der Waals surface area contributed by atoms with Crippen LogP contribution in [0.4, 0.5) is 0 Å². The van der Waals surface area contributed by atoms with Gasteiger partial charge in [0.05, 0.1) is 17.4 Å². The molecule has 0 aliphatic rings. The van der Waals surface area contributed by atoms with Gasteiger partial charge in [0, 0.05) is 29.6 Å². The zero-order chi connectivity index (χ0) is 18.0. The highest BCUT2D eigenvalue weighted by molar-refractivity contribution is 5.94. The summed E-state index contributed by atoms with van der Waals surface area (Å²) in [4.78, 5) is 12.6. The molecule has 0 aliphatic carbocycles. The summed E-state index contributed by atoms with van der Waals surface area (Å²) in [6.45, 7) is 8.90. The Morgan fingerprint density at radius 2 is 1.96 bits per heavy atom. The molecule has 0 fully saturated rings. The Morgan fingerprint density at radius 3 is 2.52 bits per heavy atom. The van der Waals surface area contributed by atoms with Gasteiger partial charge in [-0.1, -0.05) is 12.1 Å². The average Bonchev–Trinajstić information content (AvgIpc) is 3.23. The Balaban J connectivity index is 1.75. The fraction of sp³-hybridized carbons (Fsp3) is 0.316. The fourth-order valence-electron chi connectivity index (χ4n) is 3.22. The minimum Gasteiger partial charge on any atom is -0.345 e. The van der Waals surface area contributed by atoms with Crippen LogP contribution in [-0.4, -0.2) is 25.9 Å². The highest BCUT2D eigenvalue weighted by atomic mass is 16.1. The maximum atomic E-state index is 12.6. The Morgan fingerprint density at radius 1 is 1.24 bits per heavy atom. The van der Waals surface area contributed by atoms with Gasteiger partial charge in [-0.05, 0) is 51.5 Å². The topological polar surface area (TPSA) is 75.6 Å². The first-order valence-electron chi connectivity index (χ1n) is 8.45. The summed E-state index contributed by atoms with van der Waals surface area (Å²) in [6.07, 6.45) is 1.71. The second-order valence-corrected chi connectivity index (χ2v) is 6.14. The predicted molar refractivity (Wildman–Crippen MR) is 97.3 cm³/mol. The van der Waals surface area contributed by atoms with E-state index >= 15 is 0 Å². The molecule has 0 aliphatic heterocycles. The van der Waals surface area contributed by atoms with Crippen molar-refractivity contribution < 1.29 is 4.79 Å². The second kappa shape index (κ2) is 6.93. The van der Waals surface area contributed by atoms with Crippen molar-refractivity contribution in [3.8, 4) is 11.3 Å². The number of H-pyrrole nitrogens is 1. The lowest BCUT2D eigenvalue weighted by molar-refractivity contribution is 0.0940. The largest absolute Gasteiger partial charge is 0.345 e. The Labute approximate surface area is 147 Å². The fourth-order valence-corrected chi connectivity index (χ4v) is 3.22. The molecule has 3 aromatic rings. The van der Waals surface area contributed by atoms with E-state index in [1.165, 1.54) is 0 Å². The van der Waals surface area contributed by atoms with Crippen molar-refractivity contribution >= 4 is 5.91 Å². The number of rotatable bonds is 5. The Bertz CT molecular complexity index is 862. The van der Waals surface area contributed by atoms with Gasteiger partial charge in [-0.25, -0.2) is 0 Å². The summed E-state index contributed by atoms with van der Waals surface area (Å²) in [5.41, 5.74) is 5.71. The second-order valence-electron chi connectivity index (χ2n) is 6.14. The van der Waals surface area contributed by atoms with Gasteiger partial charge < -0.3 is 5.32 Å². The summed E-state index contributed by atoms with van der Waals surface area (Å²) < 4.78 is 1.96. The van der Waals surface area contributed by atoms with Gasteiger partial charge in [-0.2, -0.15) is 10.2 Å². The maximum Gasteiger partial charge on any atom is 0.251 e. The van der Waals surface area contributed by atoms with Crippen molar-refractivity contribution in [1.29, 1.82) is 0 Å². The lowest BCUT2D eigenvalue weighted by atomic mass is 10.0. The number of benzene rings is 1. The van der Waals surface area contributed by atoms with Gasteiger partial charge in [-0.3, -0.25) is 14.6 Å². The van der Waals surface area contributed by atoms with Crippen LogP contribution >= 0.6 is 0 Å². The SMILES string of the molecule is CCn1nc(C)c(C(C)NC(=O)c2ccc(-c3ccn[nH]3)cc2)c1C. The lowest BCUT2D eigenvalue weighted by Gasteiger charge is -2.15. The molecule has 2 N–H and O–H groups in total. The van der Waals surface area contributed by atoms with E-state index in [4.69, 9.17) is 0 Å². The number of aryl methyl sites for hydroxylation is 2. The Hall–Kier alpha value is -2.89. The molecular weight excluding hydrogens is 314 g/mol. The van der Waals surface area contributed by atoms with Crippen molar-refractivity contribution in [2.45, 2.75) is 40.3 Å². The number of amides is 1. The number of nitrogens with zero attached hydrogens (tertiary/aromatic N) is 3. The summed E-state index contributed by atoms with van der Waals surface area (Å²) in [6, 6.07) is 9.28. The molecule has 0 saturated carbocycles. The molecule has 6 heteroatoms. The quantitative estimate of drug-likeness (QED) is 0.749. The van der Waals surface area contributed by atoms with E-state index in [1.54, 1.807) is 6.20 Å². The Kier molecular flexibility index (Phi) is 4.70. The molecular formula is C19H23N5O. The molecule has 1 aromatic carbocycles. The number of aromatic amines is 1. The number of carbonyl (C=O) groups is 1. The number of aromatic nitrogens is 4. The highest BCUT2D eigenvalue weighted by Gasteiger charge is 2.19. The van der Waals surface area contributed by atoms with Gasteiger partial charge >= 0.3 is 0 Å². The van der Waals surface area contributed by atoms with Crippen LogP contribution in [0.1, 0.15) is 47.2 Å². The van der Waals surface area contributed by atoms with Crippen LogP contribution in [0.2, 0.25) is 0 Å². The van der Waals surface area contributed by atoms with Crippen molar-refractivity contribution in [3.05, 3.63) is 59.0 Å². The van der Waals surface area contributed by atoms with Crippen molar-refractivity contribution in [2.75, 3.05) is 0 Å². The molecule has 0 bridgehead atoms. The van der Waals surface area contributed by atoms with Crippen LogP contribution in [-0.2, 0) is 6.54 Å². The molecule has 1 amide bonds. The van der Waals surface area contributed by atoms with E-state index in [9.17, 15) is 4.79 Å². The van der Waals surface area contributed by atoms with Gasteiger partial charge in [0.1, 0.15) is 0 Å². The van der Waals surface area contributed by atoms with Crippen molar-refractivity contribution in [2.24, 2.45) is 0 Å². The third kappa shape index (κ3) is 3.33. The van der Waals surface area contributed by atoms with Crippen LogP contribution in [0.3, 0.4) is 0 Å². The summed E-state index contributed by atoms with van der Waals surface area (Å²) in [5, 5.41) is 14.5. The van der Waals surface area contributed by atoms with E-state index in [0.717, 1.165) is 34.8 Å². The minimum atomic E-state index is -0.0971. The normalized spacial score (nSPS) is 12.2. The van der Waals surface area contributed by atoms with E-state index < -0.39 is 0 Å². The molecule has 0 spiro atoms. The van der Waals surface area contributed by atoms with Gasteiger partial charge in [0.25, 0.3) is 5.91 Å². The van der Waals surface area contributed by atoms with Crippen LogP contribution in [0, 0.1) is 13.8 Å². The molecule has 3 rings (SSSR count). The number of hydrogen-bond donors (Lipinski definition) is 2. The van der Waals surface area contributed by atoms with Crippen LogP contribution < -0.4 is 5.32 Å². The lowest BCUT2D eigenvalue weighted by Crippen LogP contribution is -2.27. The monoisotopic (exact) mass is 337 g/mol. The molecule has 2 aromatic heterocycles. The molecule has 1 unspecified atom stereocenters. The zero-order valence-corrected chi connectivity index (χ0v) is 15.0. The third-order valence-corrected chi connectivity index (χ3v) is 4.48. The summed E-state index contributed by atoms with van der Waals surface area (Å²) in [7, 11) is 0. The smallest absolute Gasteiger partial charge is 0.251 e. The standard InChI is InChI=1S/C19H23N5O/c1-5-24-14(4)18(13(3)23-24)12(2)21-19(25)16-8-6-15(7-9-16)17-10-11-20-22-17/h6-12H,5H2,1-4H3,(H,20,22)(H,21,25). The van der Waals surface area contributed by atoms with Crippen LogP contribution in [0.5, 0.6) is 0 Å². The predicted octanol–water partition coefficient (Wildman–Crippen LogP) is 3.40. The maximum absolute atomic E-state index is 12.6. The summed E-state index contributed by atoms with van der Waals surface area (Å²) in [5.74, 6) is -0.0910. The number of hydrogen-bond acceptors (Lipinski definition) is 3. The first kappa shape index (κ1) is 17.0. The van der Waals surface area contributed by atoms with Crippen LogP contribution in [0.25, 0.3) is 11.3 Å². The van der Waals surface area contributed by atoms with Crippen LogP contribution in [0.15, 0.2) is 36.5 Å². The van der Waals surface area contributed by atoms with Crippen molar-refractivity contribution in [3.63, 3.8) is 0 Å². The van der Waals surface area contributed by atoms with E-state index in [2.05, 4.69) is 27.5 Å². The van der Waals surface area contributed by atoms with Gasteiger partial charge in [0.2, 0.25) is 0 Å². The minimum absolute atomic E-state index is 0.0910. The van der Waals surface area contributed by atoms with Crippen molar-refractivity contribution in [1.82, 2.24) is 25.3 Å². The molecule has 2 heterocycles. The molecule has 130 valence electrons. The molecule has 0 saturated heterocycles. The highest BCUT2D eigenvalue weighted by Crippen LogP contribution is 2.22. The molecule has 25 heavy (non-hydrogen) atoms. The molecule has 0 radical (unpaired) electrons. The molecule has 1 atom stereocenters. The van der Waals surface area contributed by atoms with Gasteiger partial charge in [0.15, 0.2) is 0 Å². The van der Waals surface area contributed by atoms with Gasteiger partial charge in [-0.15, -0.1) is 0 Å². The first-order valence-corrected chi connectivity index (χ1v) is 8.45. The molecule has 6 nitrogen and oxygen atoms in total. The first-order chi connectivity index (χ1) is 12.0. The number of carbonyl (C=O) groups excluding carboxylic acids is 1. The summed E-state index contributed by atoms with van der Waals surface area (Å²) >= 11 is 0. The third-order valence-electron chi connectivity index (χ3n) is 4.48. The average molecular weight is 337 g/mol. The number of nitrogens with one attached hydrogen (secondary N) is 2.